The van der Waals surface area contributed by atoms with Gasteiger partial charge in [-0.1, -0.05) is 0 Å². The molecule has 7 nitrogen and oxygen atoms in total. The molecule has 0 bridgehead atoms. The topological polar surface area (TPSA) is 96.7 Å². The molecular weight excluding hydrogens is 324 g/mol. The van der Waals surface area contributed by atoms with Crippen molar-refractivity contribution in [2.24, 2.45) is 0 Å². The Hall–Kier alpha value is -2.88. The van der Waals surface area contributed by atoms with E-state index in [1.807, 2.05) is 6.07 Å². The fraction of sp³-hybridized carbons (Fsp3) is 0.444. The van der Waals surface area contributed by atoms with Gasteiger partial charge in [0.2, 0.25) is 0 Å². The molecule has 1 amide bonds. The van der Waals surface area contributed by atoms with Crippen molar-refractivity contribution in [1.82, 2.24) is 4.90 Å². The molecule has 0 saturated carbocycles. The van der Waals surface area contributed by atoms with Crippen molar-refractivity contribution < 1.29 is 23.9 Å². The number of carbonyl (C=O) groups is 3. The van der Waals surface area contributed by atoms with Gasteiger partial charge in [-0.25, -0.2) is 9.59 Å². The summed E-state index contributed by atoms with van der Waals surface area (Å²) in [6.45, 7) is 1.97. The number of carbonyl (C=O) groups excluding carboxylic acids is 3. The molecule has 132 valence electrons. The third kappa shape index (κ3) is 4.80. The summed E-state index contributed by atoms with van der Waals surface area (Å²) in [5.74, 6) is -1.49. The lowest BCUT2D eigenvalue weighted by atomic mass is 10.0. The van der Waals surface area contributed by atoms with Gasteiger partial charge in [-0.05, 0) is 50.5 Å². The highest BCUT2D eigenvalue weighted by molar-refractivity contribution is 5.92. The third-order valence-corrected chi connectivity index (χ3v) is 3.96. The highest BCUT2D eigenvalue weighted by Crippen LogP contribution is 2.18. The van der Waals surface area contributed by atoms with Gasteiger partial charge in [-0.15, -0.1) is 0 Å². The molecule has 1 heterocycles. The molecule has 25 heavy (non-hydrogen) atoms. The Labute approximate surface area is 146 Å². The van der Waals surface area contributed by atoms with Crippen molar-refractivity contribution in [1.29, 1.82) is 5.26 Å². The van der Waals surface area contributed by atoms with E-state index in [-0.39, 0.29) is 12.2 Å². The van der Waals surface area contributed by atoms with Gasteiger partial charge >= 0.3 is 11.9 Å². The normalized spacial score (nSPS) is 16.6. The third-order valence-electron chi connectivity index (χ3n) is 3.96. The van der Waals surface area contributed by atoms with Crippen LogP contribution in [0, 0.1) is 11.3 Å². The Morgan fingerprint density at radius 1 is 1.20 bits per heavy atom. The van der Waals surface area contributed by atoms with Crippen molar-refractivity contribution >= 4 is 17.8 Å². The number of hydrogen-bond acceptors (Lipinski definition) is 6. The van der Waals surface area contributed by atoms with Crippen LogP contribution in [0.3, 0.4) is 0 Å². The van der Waals surface area contributed by atoms with E-state index in [2.05, 4.69) is 0 Å². The molecule has 1 aromatic carbocycles. The first-order valence-electron chi connectivity index (χ1n) is 8.20. The molecule has 2 rings (SSSR count). The Morgan fingerprint density at radius 3 is 2.56 bits per heavy atom. The highest BCUT2D eigenvalue weighted by Gasteiger charge is 2.33. The van der Waals surface area contributed by atoms with E-state index in [1.54, 1.807) is 6.92 Å². The average molecular weight is 344 g/mol. The molecule has 0 unspecified atom stereocenters. The predicted molar refractivity (Wildman–Crippen MR) is 87.4 cm³/mol. The molecule has 1 aliphatic heterocycles. The number of ether oxygens (including phenoxy) is 2. The second-order valence-electron chi connectivity index (χ2n) is 5.62. The maximum atomic E-state index is 12.4. The first kappa shape index (κ1) is 18.5. The summed E-state index contributed by atoms with van der Waals surface area (Å²) < 4.78 is 10.1. The Kier molecular flexibility index (Phi) is 6.52. The van der Waals surface area contributed by atoms with E-state index < -0.39 is 30.5 Å². The van der Waals surface area contributed by atoms with Gasteiger partial charge in [0.1, 0.15) is 6.04 Å². The van der Waals surface area contributed by atoms with Crippen LogP contribution >= 0.6 is 0 Å². The zero-order chi connectivity index (χ0) is 18.2. The summed E-state index contributed by atoms with van der Waals surface area (Å²) in [6.07, 6.45) is 2.19. The molecule has 0 aliphatic carbocycles. The summed E-state index contributed by atoms with van der Waals surface area (Å²) in [4.78, 5) is 37.7. The number of piperidine rings is 1. The van der Waals surface area contributed by atoms with Crippen LogP contribution < -0.4 is 0 Å². The van der Waals surface area contributed by atoms with Gasteiger partial charge in [0.15, 0.2) is 6.61 Å². The minimum atomic E-state index is -0.650. The molecule has 0 spiro atoms. The summed E-state index contributed by atoms with van der Waals surface area (Å²) in [5, 5.41) is 8.74. The summed E-state index contributed by atoms with van der Waals surface area (Å²) in [6, 6.07) is 7.27. The summed E-state index contributed by atoms with van der Waals surface area (Å²) in [5.41, 5.74) is 0.686. The summed E-state index contributed by atoms with van der Waals surface area (Å²) >= 11 is 0. The highest BCUT2D eigenvalue weighted by atomic mass is 16.5. The van der Waals surface area contributed by atoms with E-state index in [9.17, 15) is 14.4 Å². The van der Waals surface area contributed by atoms with Crippen LogP contribution in [0.5, 0.6) is 0 Å². The SMILES string of the molecule is CCOC(=O)[C@H]1CCCCN1C(=O)COC(=O)c1ccc(C#N)cc1. The van der Waals surface area contributed by atoms with Gasteiger partial charge < -0.3 is 14.4 Å². The lowest BCUT2D eigenvalue weighted by Gasteiger charge is -2.33. The van der Waals surface area contributed by atoms with Crippen molar-refractivity contribution in [3.8, 4) is 6.07 Å². The number of nitriles is 1. The number of likely N-dealkylation sites (tertiary alicyclic amines) is 1. The Balaban J connectivity index is 1.94. The number of benzene rings is 1. The van der Waals surface area contributed by atoms with E-state index in [0.717, 1.165) is 12.8 Å². The Morgan fingerprint density at radius 2 is 1.92 bits per heavy atom. The van der Waals surface area contributed by atoms with Gasteiger partial charge in [0.05, 0.1) is 23.8 Å². The van der Waals surface area contributed by atoms with Crippen molar-refractivity contribution in [2.75, 3.05) is 19.8 Å². The second kappa shape index (κ2) is 8.83. The molecule has 0 aromatic heterocycles. The lowest BCUT2D eigenvalue weighted by Crippen LogP contribution is -2.50. The zero-order valence-electron chi connectivity index (χ0n) is 14.1. The molecule has 7 heteroatoms. The number of nitrogens with zero attached hydrogens (tertiary/aromatic N) is 2. The fourth-order valence-corrected chi connectivity index (χ4v) is 2.69. The van der Waals surface area contributed by atoms with Crippen LogP contribution in [0.15, 0.2) is 24.3 Å². The Bertz CT molecular complexity index is 678. The van der Waals surface area contributed by atoms with Crippen LogP contribution in [-0.4, -0.2) is 48.5 Å². The van der Waals surface area contributed by atoms with E-state index in [4.69, 9.17) is 14.7 Å². The number of rotatable bonds is 5. The van der Waals surface area contributed by atoms with Crippen LogP contribution in [-0.2, 0) is 19.1 Å². The molecule has 1 saturated heterocycles. The smallest absolute Gasteiger partial charge is 0.338 e. The average Bonchev–Trinajstić information content (AvgIpc) is 2.66. The lowest BCUT2D eigenvalue weighted by molar-refractivity contribution is -0.157. The molecule has 1 aromatic rings. The molecule has 0 radical (unpaired) electrons. The largest absolute Gasteiger partial charge is 0.464 e. The number of amides is 1. The van der Waals surface area contributed by atoms with Gasteiger partial charge in [0.25, 0.3) is 5.91 Å². The summed E-state index contributed by atoms with van der Waals surface area (Å²) in [7, 11) is 0. The van der Waals surface area contributed by atoms with Crippen molar-refractivity contribution in [2.45, 2.75) is 32.2 Å². The molecule has 1 fully saturated rings. The molecule has 1 aliphatic rings. The maximum absolute atomic E-state index is 12.4. The maximum Gasteiger partial charge on any atom is 0.338 e. The molecule has 0 N–H and O–H groups in total. The van der Waals surface area contributed by atoms with Crippen molar-refractivity contribution in [3.63, 3.8) is 0 Å². The second-order valence-corrected chi connectivity index (χ2v) is 5.62. The van der Waals surface area contributed by atoms with Gasteiger partial charge in [-0.2, -0.15) is 5.26 Å². The van der Waals surface area contributed by atoms with E-state index in [1.165, 1.54) is 29.2 Å². The van der Waals surface area contributed by atoms with Crippen molar-refractivity contribution in [3.05, 3.63) is 35.4 Å². The predicted octanol–water partition coefficient (Wildman–Crippen LogP) is 1.66. The first-order chi connectivity index (χ1) is 12.1. The molecule has 1 atom stereocenters. The minimum Gasteiger partial charge on any atom is -0.464 e. The number of esters is 2. The van der Waals surface area contributed by atoms with E-state index >= 15 is 0 Å². The quantitative estimate of drug-likeness (QED) is 0.754. The zero-order valence-corrected chi connectivity index (χ0v) is 14.1. The van der Waals surface area contributed by atoms with Crippen LogP contribution in [0.25, 0.3) is 0 Å². The fourth-order valence-electron chi connectivity index (χ4n) is 2.69. The minimum absolute atomic E-state index is 0.255. The van der Waals surface area contributed by atoms with Gasteiger partial charge in [0, 0.05) is 6.54 Å². The van der Waals surface area contributed by atoms with Crippen LogP contribution in [0.2, 0.25) is 0 Å². The first-order valence-corrected chi connectivity index (χ1v) is 8.20. The van der Waals surface area contributed by atoms with E-state index in [0.29, 0.717) is 18.5 Å². The van der Waals surface area contributed by atoms with Crippen LogP contribution in [0.1, 0.15) is 42.1 Å². The molecular formula is C18H20N2O5. The monoisotopic (exact) mass is 344 g/mol. The standard InChI is InChI=1S/C18H20N2O5/c1-2-24-18(23)15-5-3-4-10-20(15)16(21)12-25-17(22)14-8-6-13(11-19)7-9-14/h6-9,15H,2-5,10,12H2,1H3/t15-/m1/s1. The van der Waals surface area contributed by atoms with Crippen LogP contribution in [0.4, 0.5) is 0 Å². The number of hydrogen-bond donors (Lipinski definition) is 0. The van der Waals surface area contributed by atoms with Gasteiger partial charge in [-0.3, -0.25) is 4.79 Å².